The van der Waals surface area contributed by atoms with Gasteiger partial charge in [0.05, 0.1) is 38.2 Å². The fraction of sp³-hybridized carbons (Fsp3) is 0.211. The normalized spacial score (nSPS) is 10.6. The number of hydrogen-bond donors (Lipinski definition) is 4. The summed E-state index contributed by atoms with van der Waals surface area (Å²) in [6.07, 6.45) is 1.55. The Balaban J connectivity index is 1.98. The van der Waals surface area contributed by atoms with Crippen molar-refractivity contribution >= 4 is 22.3 Å². The lowest BCUT2D eigenvalue weighted by molar-refractivity contribution is 0.282. The Kier molecular flexibility index (Phi) is 5.40. The number of aromatic nitrogens is 1. The molecule has 0 fully saturated rings. The maximum absolute atomic E-state index is 9.46. The number of aliphatic hydroxyl groups is 1. The van der Waals surface area contributed by atoms with Crippen molar-refractivity contribution in [2.45, 2.75) is 13.2 Å². The predicted molar refractivity (Wildman–Crippen MR) is 99.9 cm³/mol. The number of methoxy groups -OCH3 is 2. The van der Waals surface area contributed by atoms with Gasteiger partial charge in [0, 0.05) is 18.0 Å². The van der Waals surface area contributed by atoms with Gasteiger partial charge in [0.25, 0.3) is 0 Å². The summed E-state index contributed by atoms with van der Waals surface area (Å²) in [4.78, 5) is 4.35. The minimum absolute atomic E-state index is 0.0168. The number of fused-ring (bicyclic) bond motifs is 1. The van der Waals surface area contributed by atoms with Crippen molar-refractivity contribution < 1.29 is 19.8 Å². The molecule has 7 heteroatoms. The molecule has 3 aromatic rings. The summed E-state index contributed by atoms with van der Waals surface area (Å²) in [5, 5.41) is 22.7. The van der Waals surface area contributed by atoms with Crippen molar-refractivity contribution in [2.24, 2.45) is 0 Å². The standard InChI is InChI=1S/C19H21N3O4/c1-25-17-7-14-15(8-18(17)26-2)20-10-16(22-24)19(14)21-9-12-3-5-13(11-23)6-4-12/h3-8,10,22-24H,9,11H2,1-2H3,(H,20,21). The molecule has 0 atom stereocenters. The quantitative estimate of drug-likeness (QED) is 0.484. The molecule has 0 amide bonds. The van der Waals surface area contributed by atoms with Gasteiger partial charge in [-0.25, -0.2) is 0 Å². The van der Waals surface area contributed by atoms with Gasteiger partial charge in [0.2, 0.25) is 0 Å². The second-order valence-corrected chi connectivity index (χ2v) is 5.71. The molecule has 4 N–H and O–H groups in total. The molecule has 1 heterocycles. The number of nitrogens with zero attached hydrogens (tertiary/aromatic N) is 1. The number of ether oxygens (including phenoxy) is 2. The van der Waals surface area contributed by atoms with E-state index in [-0.39, 0.29) is 6.61 Å². The third kappa shape index (κ3) is 3.49. The number of anilines is 2. The Hall–Kier alpha value is -3.03. The molecule has 0 saturated heterocycles. The predicted octanol–water partition coefficient (Wildman–Crippen LogP) is 3.16. The zero-order chi connectivity index (χ0) is 18.5. The van der Waals surface area contributed by atoms with Gasteiger partial charge >= 0.3 is 0 Å². The highest BCUT2D eigenvalue weighted by Gasteiger charge is 2.13. The minimum atomic E-state index is 0.0168. The highest BCUT2D eigenvalue weighted by molar-refractivity contribution is 5.99. The highest BCUT2D eigenvalue weighted by Crippen LogP contribution is 2.37. The van der Waals surface area contributed by atoms with Crippen molar-refractivity contribution in [3.63, 3.8) is 0 Å². The van der Waals surface area contributed by atoms with E-state index in [0.29, 0.717) is 34.9 Å². The molecule has 26 heavy (non-hydrogen) atoms. The average Bonchev–Trinajstić information content (AvgIpc) is 2.71. The minimum Gasteiger partial charge on any atom is -0.493 e. The van der Waals surface area contributed by atoms with E-state index in [1.807, 2.05) is 30.3 Å². The van der Waals surface area contributed by atoms with E-state index < -0.39 is 0 Å². The number of rotatable bonds is 7. The van der Waals surface area contributed by atoms with Crippen molar-refractivity contribution in [3.8, 4) is 11.5 Å². The first-order chi connectivity index (χ1) is 12.7. The van der Waals surface area contributed by atoms with E-state index in [1.165, 1.54) is 0 Å². The molecule has 0 aliphatic heterocycles. The van der Waals surface area contributed by atoms with Crippen LogP contribution in [-0.4, -0.2) is 29.5 Å². The van der Waals surface area contributed by atoms with E-state index in [1.54, 1.807) is 26.5 Å². The molecule has 0 radical (unpaired) electrons. The second kappa shape index (κ2) is 7.90. The van der Waals surface area contributed by atoms with Crippen LogP contribution in [0, 0.1) is 0 Å². The smallest absolute Gasteiger partial charge is 0.162 e. The van der Waals surface area contributed by atoms with Crippen LogP contribution < -0.4 is 20.3 Å². The Labute approximate surface area is 151 Å². The van der Waals surface area contributed by atoms with Crippen LogP contribution in [0.2, 0.25) is 0 Å². The highest BCUT2D eigenvalue weighted by atomic mass is 16.5. The van der Waals surface area contributed by atoms with Gasteiger partial charge in [-0.05, 0) is 17.2 Å². The summed E-state index contributed by atoms with van der Waals surface area (Å²) in [6.45, 7) is 0.552. The zero-order valence-electron chi connectivity index (χ0n) is 14.6. The molecule has 0 aliphatic rings. The first-order valence-corrected chi connectivity index (χ1v) is 8.07. The van der Waals surface area contributed by atoms with Crippen LogP contribution in [0.3, 0.4) is 0 Å². The molecule has 1 aromatic heterocycles. The first-order valence-electron chi connectivity index (χ1n) is 8.07. The summed E-state index contributed by atoms with van der Waals surface area (Å²) in [6, 6.07) is 11.2. The SMILES string of the molecule is COc1cc2ncc(NO)c(NCc3ccc(CO)cc3)c2cc1OC. The maximum atomic E-state index is 9.46. The number of benzene rings is 2. The topological polar surface area (TPSA) is 95.9 Å². The van der Waals surface area contributed by atoms with Crippen molar-refractivity contribution in [1.29, 1.82) is 0 Å². The Bertz CT molecular complexity index is 897. The Morgan fingerprint density at radius 1 is 1.00 bits per heavy atom. The summed E-state index contributed by atoms with van der Waals surface area (Å²) in [5.74, 6) is 1.16. The van der Waals surface area contributed by atoms with Gasteiger partial charge in [0.15, 0.2) is 11.5 Å². The van der Waals surface area contributed by atoms with Gasteiger partial charge < -0.3 is 19.9 Å². The number of hydrogen-bond acceptors (Lipinski definition) is 7. The number of aliphatic hydroxyl groups excluding tert-OH is 1. The lowest BCUT2D eigenvalue weighted by Crippen LogP contribution is -2.05. The second-order valence-electron chi connectivity index (χ2n) is 5.71. The van der Waals surface area contributed by atoms with Gasteiger partial charge in [0.1, 0.15) is 5.69 Å². The molecule has 136 valence electrons. The van der Waals surface area contributed by atoms with Crippen molar-refractivity contribution in [1.82, 2.24) is 4.98 Å². The van der Waals surface area contributed by atoms with E-state index in [4.69, 9.17) is 14.6 Å². The number of pyridine rings is 1. The fourth-order valence-electron chi connectivity index (χ4n) is 2.75. The van der Waals surface area contributed by atoms with Crippen LogP contribution in [0.4, 0.5) is 11.4 Å². The van der Waals surface area contributed by atoms with Gasteiger partial charge in [-0.15, -0.1) is 0 Å². The van der Waals surface area contributed by atoms with E-state index in [2.05, 4.69) is 15.8 Å². The molecule has 0 saturated carbocycles. The third-order valence-corrected chi connectivity index (χ3v) is 4.17. The summed E-state index contributed by atoms with van der Waals surface area (Å²) in [5.41, 5.74) is 5.94. The summed E-state index contributed by atoms with van der Waals surface area (Å²) >= 11 is 0. The average molecular weight is 355 g/mol. The van der Waals surface area contributed by atoms with Crippen LogP contribution in [0.5, 0.6) is 11.5 Å². The van der Waals surface area contributed by atoms with E-state index in [0.717, 1.165) is 16.5 Å². The van der Waals surface area contributed by atoms with Crippen molar-refractivity contribution in [3.05, 3.63) is 53.7 Å². The lowest BCUT2D eigenvalue weighted by Gasteiger charge is -2.16. The van der Waals surface area contributed by atoms with Gasteiger partial charge in [-0.1, -0.05) is 24.3 Å². The molecule has 2 aromatic carbocycles. The van der Waals surface area contributed by atoms with Gasteiger partial charge in [-0.2, -0.15) is 0 Å². The van der Waals surface area contributed by atoms with Crippen LogP contribution >= 0.6 is 0 Å². The summed E-state index contributed by atoms with van der Waals surface area (Å²) < 4.78 is 10.7. The molecule has 7 nitrogen and oxygen atoms in total. The molecule has 0 spiro atoms. The Morgan fingerprint density at radius 3 is 2.27 bits per heavy atom. The zero-order valence-corrected chi connectivity index (χ0v) is 14.6. The maximum Gasteiger partial charge on any atom is 0.162 e. The molecule has 3 rings (SSSR count). The number of nitrogens with one attached hydrogen (secondary N) is 2. The molecular weight excluding hydrogens is 334 g/mol. The molecule has 0 aliphatic carbocycles. The summed E-state index contributed by atoms with van der Waals surface area (Å²) in [7, 11) is 3.14. The van der Waals surface area contributed by atoms with Gasteiger partial charge in [-0.3, -0.25) is 15.7 Å². The van der Waals surface area contributed by atoms with Crippen molar-refractivity contribution in [2.75, 3.05) is 25.0 Å². The van der Waals surface area contributed by atoms with Crippen LogP contribution in [0.15, 0.2) is 42.6 Å². The fourth-order valence-corrected chi connectivity index (χ4v) is 2.75. The molecule has 0 bridgehead atoms. The van der Waals surface area contributed by atoms with Crippen LogP contribution in [0.1, 0.15) is 11.1 Å². The largest absolute Gasteiger partial charge is 0.493 e. The van der Waals surface area contributed by atoms with E-state index in [9.17, 15) is 5.21 Å². The monoisotopic (exact) mass is 355 g/mol. The Morgan fingerprint density at radius 2 is 1.65 bits per heavy atom. The first kappa shape index (κ1) is 17.8. The van der Waals surface area contributed by atoms with Crippen LogP contribution in [0.25, 0.3) is 10.9 Å². The molecular formula is C19H21N3O4. The van der Waals surface area contributed by atoms with Crippen LogP contribution in [-0.2, 0) is 13.2 Å². The lowest BCUT2D eigenvalue weighted by atomic mass is 10.1. The van der Waals surface area contributed by atoms with E-state index >= 15 is 0 Å². The third-order valence-electron chi connectivity index (χ3n) is 4.17. The molecule has 0 unspecified atom stereocenters.